The summed E-state index contributed by atoms with van der Waals surface area (Å²) in [5.74, 6) is 0. The number of ether oxygens (including phenoxy) is 1. The molecule has 0 radical (unpaired) electrons. The van der Waals surface area contributed by atoms with Crippen molar-refractivity contribution in [3.8, 4) is 0 Å². The lowest BCUT2D eigenvalue weighted by atomic mass is 10.0. The van der Waals surface area contributed by atoms with Gasteiger partial charge in [0.2, 0.25) is 0 Å². The van der Waals surface area contributed by atoms with E-state index in [0.717, 1.165) is 37.1 Å². The van der Waals surface area contributed by atoms with Crippen molar-refractivity contribution in [2.24, 2.45) is 5.73 Å². The second-order valence-electron chi connectivity index (χ2n) is 4.93. The van der Waals surface area contributed by atoms with Crippen LogP contribution in [0.5, 0.6) is 0 Å². The summed E-state index contributed by atoms with van der Waals surface area (Å²) in [7, 11) is 0. The van der Waals surface area contributed by atoms with E-state index in [1.165, 1.54) is 5.56 Å². The molecule has 18 heavy (non-hydrogen) atoms. The summed E-state index contributed by atoms with van der Waals surface area (Å²) in [6, 6.07) is 8.40. The summed E-state index contributed by atoms with van der Waals surface area (Å²) in [6.45, 7) is 6.06. The van der Waals surface area contributed by atoms with Crippen LogP contribution in [0, 0.1) is 0 Å². The summed E-state index contributed by atoms with van der Waals surface area (Å²) in [5, 5.41) is 0. The van der Waals surface area contributed by atoms with Gasteiger partial charge in [-0.2, -0.15) is 0 Å². The van der Waals surface area contributed by atoms with E-state index in [9.17, 15) is 0 Å². The van der Waals surface area contributed by atoms with Crippen LogP contribution in [0.2, 0.25) is 0 Å². The van der Waals surface area contributed by atoms with Crippen LogP contribution in [0.1, 0.15) is 24.9 Å². The molecule has 2 N–H and O–H groups in total. The Kier molecular flexibility index (Phi) is 5.18. The minimum absolute atomic E-state index is 0.122. The van der Waals surface area contributed by atoms with Crippen LogP contribution in [0.4, 0.5) is 0 Å². The van der Waals surface area contributed by atoms with Crippen LogP contribution in [0.25, 0.3) is 0 Å². The van der Waals surface area contributed by atoms with Crippen LogP contribution in [0.3, 0.4) is 0 Å². The SMILES string of the molecule is CC1CN(CCC(N)c2ccc(Br)cc2)CCO1. The summed E-state index contributed by atoms with van der Waals surface area (Å²) >= 11 is 3.44. The van der Waals surface area contributed by atoms with E-state index in [4.69, 9.17) is 10.5 Å². The number of morpholine rings is 1. The molecular weight excluding hydrogens is 292 g/mol. The second-order valence-corrected chi connectivity index (χ2v) is 5.84. The lowest BCUT2D eigenvalue weighted by Crippen LogP contribution is -2.42. The summed E-state index contributed by atoms with van der Waals surface area (Å²) in [6.07, 6.45) is 1.34. The predicted octanol–water partition coefficient (Wildman–Crippen LogP) is 2.56. The van der Waals surface area contributed by atoms with Crippen LogP contribution < -0.4 is 5.73 Å². The minimum Gasteiger partial charge on any atom is -0.376 e. The molecule has 0 amide bonds. The summed E-state index contributed by atoms with van der Waals surface area (Å²) in [5.41, 5.74) is 7.43. The molecule has 100 valence electrons. The molecule has 2 atom stereocenters. The smallest absolute Gasteiger partial charge is 0.0674 e. The highest BCUT2D eigenvalue weighted by Crippen LogP contribution is 2.18. The zero-order chi connectivity index (χ0) is 13.0. The molecule has 0 saturated carbocycles. The molecule has 1 aromatic rings. The van der Waals surface area contributed by atoms with Gasteiger partial charge in [-0.15, -0.1) is 0 Å². The second kappa shape index (κ2) is 6.66. The topological polar surface area (TPSA) is 38.5 Å². The van der Waals surface area contributed by atoms with E-state index in [2.05, 4.69) is 39.9 Å². The van der Waals surface area contributed by atoms with Crippen molar-refractivity contribution in [3.63, 3.8) is 0 Å². The van der Waals surface area contributed by atoms with Gasteiger partial charge in [-0.25, -0.2) is 0 Å². The van der Waals surface area contributed by atoms with Gasteiger partial charge in [0, 0.05) is 30.1 Å². The van der Waals surface area contributed by atoms with E-state index < -0.39 is 0 Å². The zero-order valence-electron chi connectivity index (χ0n) is 10.8. The van der Waals surface area contributed by atoms with Gasteiger partial charge in [-0.05, 0) is 31.0 Å². The third-order valence-electron chi connectivity index (χ3n) is 3.38. The van der Waals surface area contributed by atoms with Gasteiger partial charge in [0.05, 0.1) is 12.7 Å². The molecule has 0 aliphatic carbocycles. The van der Waals surface area contributed by atoms with Gasteiger partial charge in [-0.1, -0.05) is 28.1 Å². The van der Waals surface area contributed by atoms with Crippen LogP contribution in [0.15, 0.2) is 28.7 Å². The predicted molar refractivity (Wildman–Crippen MR) is 77.5 cm³/mol. The Bertz CT molecular complexity index is 369. The lowest BCUT2D eigenvalue weighted by molar-refractivity contribution is -0.0189. The third kappa shape index (κ3) is 4.05. The van der Waals surface area contributed by atoms with Crippen molar-refractivity contribution in [2.75, 3.05) is 26.2 Å². The molecule has 0 aromatic heterocycles. The monoisotopic (exact) mass is 312 g/mol. The molecule has 1 saturated heterocycles. The maximum absolute atomic E-state index is 6.22. The normalized spacial score (nSPS) is 22.9. The molecule has 4 heteroatoms. The maximum Gasteiger partial charge on any atom is 0.0674 e. The van der Waals surface area contributed by atoms with Crippen molar-refractivity contribution >= 4 is 15.9 Å². The quantitative estimate of drug-likeness (QED) is 0.928. The number of nitrogens with two attached hydrogens (primary N) is 1. The molecule has 2 rings (SSSR count). The van der Waals surface area contributed by atoms with E-state index in [0.29, 0.717) is 6.10 Å². The number of nitrogens with zero attached hydrogens (tertiary/aromatic N) is 1. The van der Waals surface area contributed by atoms with Crippen LogP contribution >= 0.6 is 15.9 Å². The van der Waals surface area contributed by atoms with Crippen molar-refractivity contribution < 1.29 is 4.74 Å². The van der Waals surface area contributed by atoms with Gasteiger partial charge in [0.15, 0.2) is 0 Å². The van der Waals surface area contributed by atoms with Crippen molar-refractivity contribution in [1.29, 1.82) is 0 Å². The first kappa shape index (κ1) is 14.0. The van der Waals surface area contributed by atoms with E-state index in [1.54, 1.807) is 0 Å². The largest absolute Gasteiger partial charge is 0.376 e. The number of hydrogen-bond donors (Lipinski definition) is 1. The highest BCUT2D eigenvalue weighted by Gasteiger charge is 2.17. The first-order valence-electron chi connectivity index (χ1n) is 6.50. The standard InChI is InChI=1S/C14H21BrN2O/c1-11-10-17(8-9-18-11)7-6-14(16)12-2-4-13(15)5-3-12/h2-5,11,14H,6-10,16H2,1H3. The molecule has 0 bridgehead atoms. The Balaban J connectivity index is 1.80. The van der Waals surface area contributed by atoms with Gasteiger partial charge >= 0.3 is 0 Å². The van der Waals surface area contributed by atoms with E-state index >= 15 is 0 Å². The average molecular weight is 313 g/mol. The Morgan fingerprint density at radius 3 is 2.83 bits per heavy atom. The highest BCUT2D eigenvalue weighted by molar-refractivity contribution is 9.10. The number of hydrogen-bond acceptors (Lipinski definition) is 3. The Morgan fingerprint density at radius 2 is 2.17 bits per heavy atom. The van der Waals surface area contributed by atoms with Gasteiger partial charge in [0.1, 0.15) is 0 Å². The first-order valence-corrected chi connectivity index (χ1v) is 7.29. The van der Waals surface area contributed by atoms with Gasteiger partial charge < -0.3 is 10.5 Å². The average Bonchev–Trinajstić information content (AvgIpc) is 2.37. The minimum atomic E-state index is 0.122. The Labute approximate surface area is 117 Å². The molecule has 1 fully saturated rings. The molecule has 1 heterocycles. The Morgan fingerprint density at radius 1 is 1.44 bits per heavy atom. The number of benzene rings is 1. The molecule has 0 spiro atoms. The number of rotatable bonds is 4. The van der Waals surface area contributed by atoms with Crippen molar-refractivity contribution in [3.05, 3.63) is 34.3 Å². The fourth-order valence-electron chi connectivity index (χ4n) is 2.29. The molecular formula is C14H21BrN2O. The fraction of sp³-hybridized carbons (Fsp3) is 0.571. The third-order valence-corrected chi connectivity index (χ3v) is 3.91. The van der Waals surface area contributed by atoms with Gasteiger partial charge in [-0.3, -0.25) is 4.90 Å². The van der Waals surface area contributed by atoms with Gasteiger partial charge in [0.25, 0.3) is 0 Å². The molecule has 3 nitrogen and oxygen atoms in total. The first-order chi connectivity index (χ1) is 8.65. The highest BCUT2D eigenvalue weighted by atomic mass is 79.9. The number of halogens is 1. The van der Waals surface area contributed by atoms with E-state index in [1.807, 2.05) is 12.1 Å². The summed E-state index contributed by atoms with van der Waals surface area (Å²) in [4.78, 5) is 2.44. The molecule has 1 aliphatic heterocycles. The van der Waals surface area contributed by atoms with Crippen LogP contribution in [-0.2, 0) is 4.74 Å². The zero-order valence-corrected chi connectivity index (χ0v) is 12.4. The van der Waals surface area contributed by atoms with Crippen molar-refractivity contribution in [1.82, 2.24) is 4.90 Å². The lowest BCUT2D eigenvalue weighted by Gasteiger charge is -2.31. The molecule has 2 unspecified atom stereocenters. The van der Waals surface area contributed by atoms with Crippen LogP contribution in [-0.4, -0.2) is 37.2 Å². The summed E-state index contributed by atoms with van der Waals surface area (Å²) < 4.78 is 6.63. The maximum atomic E-state index is 6.22. The molecule has 1 aliphatic rings. The van der Waals surface area contributed by atoms with E-state index in [-0.39, 0.29) is 6.04 Å². The fourth-order valence-corrected chi connectivity index (χ4v) is 2.56. The van der Waals surface area contributed by atoms with Crippen molar-refractivity contribution in [2.45, 2.75) is 25.5 Å². The Hall–Kier alpha value is -0.420. The molecule has 1 aromatic carbocycles.